The fraction of sp³-hybridized carbons (Fsp3) is 0.462. The number of benzene rings is 2. The van der Waals surface area contributed by atoms with E-state index in [0.29, 0.717) is 25.3 Å². The Hall–Kier alpha value is -2.95. The quantitative estimate of drug-likeness (QED) is 0.372. The topological polar surface area (TPSA) is 114 Å². The Balaban J connectivity index is 1.66. The molecule has 2 amide bonds. The molecular formula is C26H35N3O6S. The molecule has 36 heavy (non-hydrogen) atoms. The Labute approximate surface area is 213 Å². The van der Waals surface area contributed by atoms with Crippen LogP contribution in [0, 0.1) is 0 Å². The third kappa shape index (κ3) is 8.04. The number of amides is 2. The minimum absolute atomic E-state index is 0.0395. The summed E-state index contributed by atoms with van der Waals surface area (Å²) in [6.07, 6.45) is 2.34. The maximum absolute atomic E-state index is 13.3. The lowest BCUT2D eigenvalue weighted by atomic mass is 10.1. The molecule has 0 radical (unpaired) electrons. The van der Waals surface area contributed by atoms with E-state index in [4.69, 9.17) is 9.47 Å². The zero-order valence-corrected chi connectivity index (χ0v) is 21.8. The van der Waals surface area contributed by atoms with Gasteiger partial charge in [-0.25, -0.2) is 13.1 Å². The van der Waals surface area contributed by atoms with Gasteiger partial charge in [-0.3, -0.25) is 9.59 Å². The first-order valence-corrected chi connectivity index (χ1v) is 13.5. The summed E-state index contributed by atoms with van der Waals surface area (Å²) < 4.78 is 37.6. The van der Waals surface area contributed by atoms with Crippen molar-refractivity contribution in [2.24, 2.45) is 0 Å². The summed E-state index contributed by atoms with van der Waals surface area (Å²) in [5, 5.41) is 2.79. The number of nitrogens with zero attached hydrogens (tertiary/aromatic N) is 1. The molecule has 9 nitrogen and oxygen atoms in total. The van der Waals surface area contributed by atoms with Gasteiger partial charge in [0.2, 0.25) is 21.8 Å². The van der Waals surface area contributed by atoms with Gasteiger partial charge in [0.15, 0.2) is 0 Å². The number of aryl methyl sites for hydroxylation is 1. The van der Waals surface area contributed by atoms with Crippen LogP contribution >= 0.6 is 0 Å². The van der Waals surface area contributed by atoms with Crippen LogP contribution in [0.2, 0.25) is 0 Å². The van der Waals surface area contributed by atoms with Crippen molar-refractivity contribution in [1.82, 2.24) is 14.9 Å². The molecule has 1 fully saturated rings. The molecule has 1 unspecified atom stereocenters. The number of nitrogens with one attached hydrogen (secondary N) is 2. The number of sulfonamides is 1. The van der Waals surface area contributed by atoms with Crippen molar-refractivity contribution >= 4 is 21.8 Å². The lowest BCUT2D eigenvalue weighted by Gasteiger charge is -2.29. The van der Waals surface area contributed by atoms with Gasteiger partial charge in [0.25, 0.3) is 0 Å². The van der Waals surface area contributed by atoms with Crippen LogP contribution in [-0.2, 0) is 37.3 Å². The summed E-state index contributed by atoms with van der Waals surface area (Å²) in [7, 11) is -0.374. The molecule has 1 atom stereocenters. The van der Waals surface area contributed by atoms with E-state index >= 15 is 0 Å². The van der Waals surface area contributed by atoms with Crippen molar-refractivity contribution in [2.45, 2.75) is 56.1 Å². The summed E-state index contributed by atoms with van der Waals surface area (Å²) in [5.41, 5.74) is 1.72. The Morgan fingerprint density at radius 2 is 1.67 bits per heavy atom. The lowest BCUT2D eigenvalue weighted by molar-refractivity contribution is -0.140. The van der Waals surface area contributed by atoms with Crippen LogP contribution < -0.4 is 14.8 Å². The minimum atomic E-state index is -3.52. The largest absolute Gasteiger partial charge is 0.497 e. The molecule has 2 N–H and O–H groups in total. The first-order valence-electron chi connectivity index (χ1n) is 12.0. The van der Waals surface area contributed by atoms with Gasteiger partial charge in [0.1, 0.15) is 11.8 Å². The molecule has 0 bridgehead atoms. The van der Waals surface area contributed by atoms with Crippen molar-refractivity contribution in [1.29, 1.82) is 0 Å². The summed E-state index contributed by atoms with van der Waals surface area (Å²) in [5.74, 6) is 0.277. The van der Waals surface area contributed by atoms with Crippen molar-refractivity contribution in [2.75, 3.05) is 27.4 Å². The normalized spacial score (nSPS) is 14.2. The minimum Gasteiger partial charge on any atom is -0.497 e. The second-order valence-electron chi connectivity index (χ2n) is 8.87. The first kappa shape index (κ1) is 27.6. The van der Waals surface area contributed by atoms with Gasteiger partial charge in [-0.05, 0) is 61.6 Å². The van der Waals surface area contributed by atoms with E-state index in [9.17, 15) is 18.0 Å². The second kappa shape index (κ2) is 12.8. The Morgan fingerprint density at radius 3 is 2.25 bits per heavy atom. The standard InChI is InChI=1S/C26H35N3O6S/c1-19(26(31)27-16-17-34-2)29(18-21-4-11-23(35-3)12-5-21)25(30)15-8-20-6-13-24(14-7-20)36(32,33)28-22-9-10-22/h4-7,11-14,19,22,28H,8-10,15-18H2,1-3H3,(H,27,31). The number of rotatable bonds is 14. The van der Waals surface area contributed by atoms with E-state index in [1.807, 2.05) is 24.3 Å². The molecule has 0 spiro atoms. The third-order valence-corrected chi connectivity index (χ3v) is 7.58. The number of carbonyl (C=O) groups excluding carboxylic acids is 2. The Kier molecular flexibility index (Phi) is 9.86. The SMILES string of the molecule is COCCNC(=O)C(C)N(Cc1ccc(OC)cc1)C(=O)CCc1ccc(S(=O)(=O)NC2CC2)cc1. The molecule has 0 aromatic heterocycles. The molecule has 1 saturated carbocycles. The van der Waals surface area contributed by atoms with E-state index in [-0.39, 0.29) is 35.7 Å². The predicted molar refractivity (Wildman–Crippen MR) is 136 cm³/mol. The molecule has 2 aromatic carbocycles. The van der Waals surface area contributed by atoms with E-state index in [1.165, 1.54) is 0 Å². The monoisotopic (exact) mass is 517 g/mol. The predicted octanol–water partition coefficient (Wildman–Crippen LogP) is 2.25. The summed E-state index contributed by atoms with van der Waals surface area (Å²) in [4.78, 5) is 27.7. The Morgan fingerprint density at radius 1 is 1.03 bits per heavy atom. The highest BCUT2D eigenvalue weighted by molar-refractivity contribution is 7.89. The van der Waals surface area contributed by atoms with Gasteiger partial charge < -0.3 is 19.7 Å². The van der Waals surface area contributed by atoms with E-state index < -0.39 is 16.1 Å². The molecule has 1 aliphatic rings. The van der Waals surface area contributed by atoms with Gasteiger partial charge in [-0.15, -0.1) is 0 Å². The van der Waals surface area contributed by atoms with Gasteiger partial charge >= 0.3 is 0 Å². The van der Waals surface area contributed by atoms with Gasteiger partial charge in [-0.1, -0.05) is 24.3 Å². The smallest absolute Gasteiger partial charge is 0.242 e. The van der Waals surface area contributed by atoms with Crippen molar-refractivity contribution in [3.05, 3.63) is 59.7 Å². The van der Waals surface area contributed by atoms with Gasteiger partial charge in [0.05, 0.1) is 18.6 Å². The number of carbonyl (C=O) groups is 2. The van der Waals surface area contributed by atoms with Crippen LogP contribution in [0.5, 0.6) is 5.75 Å². The van der Waals surface area contributed by atoms with E-state index in [2.05, 4.69) is 10.0 Å². The highest BCUT2D eigenvalue weighted by Crippen LogP contribution is 2.22. The van der Waals surface area contributed by atoms with Crippen LogP contribution in [0.15, 0.2) is 53.4 Å². The number of hydrogen-bond acceptors (Lipinski definition) is 6. The van der Waals surface area contributed by atoms with E-state index in [0.717, 1.165) is 24.0 Å². The lowest BCUT2D eigenvalue weighted by Crippen LogP contribution is -2.48. The van der Waals surface area contributed by atoms with Crippen LogP contribution in [0.25, 0.3) is 0 Å². The van der Waals surface area contributed by atoms with Crippen molar-refractivity contribution < 1.29 is 27.5 Å². The first-order chi connectivity index (χ1) is 17.2. The third-order valence-electron chi connectivity index (χ3n) is 6.05. The average molecular weight is 518 g/mol. The van der Waals surface area contributed by atoms with Crippen LogP contribution in [0.3, 0.4) is 0 Å². The number of hydrogen-bond donors (Lipinski definition) is 2. The number of methoxy groups -OCH3 is 2. The van der Waals surface area contributed by atoms with E-state index in [1.54, 1.807) is 50.3 Å². The number of ether oxygens (including phenoxy) is 2. The zero-order chi connectivity index (χ0) is 26.1. The zero-order valence-electron chi connectivity index (χ0n) is 21.0. The maximum atomic E-state index is 13.3. The maximum Gasteiger partial charge on any atom is 0.242 e. The molecular weight excluding hydrogens is 482 g/mol. The van der Waals surface area contributed by atoms with Crippen molar-refractivity contribution in [3.8, 4) is 5.75 Å². The second-order valence-corrected chi connectivity index (χ2v) is 10.6. The Bertz CT molecular complexity index is 1120. The highest BCUT2D eigenvalue weighted by Gasteiger charge is 2.28. The summed E-state index contributed by atoms with van der Waals surface area (Å²) in [6.45, 7) is 2.71. The van der Waals surface area contributed by atoms with Gasteiger partial charge in [0, 0.05) is 32.7 Å². The fourth-order valence-electron chi connectivity index (χ4n) is 3.65. The average Bonchev–Trinajstić information content (AvgIpc) is 3.69. The molecule has 10 heteroatoms. The molecule has 2 aromatic rings. The molecule has 0 heterocycles. The highest BCUT2D eigenvalue weighted by atomic mass is 32.2. The molecule has 3 rings (SSSR count). The van der Waals surface area contributed by atoms with Crippen LogP contribution in [-0.4, -0.2) is 64.6 Å². The van der Waals surface area contributed by atoms with Crippen LogP contribution in [0.1, 0.15) is 37.3 Å². The summed E-state index contributed by atoms with van der Waals surface area (Å²) >= 11 is 0. The molecule has 0 aliphatic heterocycles. The molecule has 196 valence electrons. The fourth-order valence-corrected chi connectivity index (χ4v) is 4.96. The molecule has 1 aliphatic carbocycles. The molecule has 0 saturated heterocycles. The van der Waals surface area contributed by atoms with Gasteiger partial charge in [-0.2, -0.15) is 0 Å². The van der Waals surface area contributed by atoms with Crippen LogP contribution in [0.4, 0.5) is 0 Å². The van der Waals surface area contributed by atoms with Crippen molar-refractivity contribution in [3.63, 3.8) is 0 Å². The summed E-state index contributed by atoms with van der Waals surface area (Å²) in [6, 6.07) is 13.3.